The molecular weight excluding hydrogens is 182 g/mol. The first-order valence-corrected chi connectivity index (χ1v) is 4.22. The fourth-order valence-corrected chi connectivity index (χ4v) is 1.29. The molecule has 0 fully saturated rings. The zero-order valence-electron chi connectivity index (χ0n) is 7.66. The molecule has 2 aliphatic rings. The lowest BCUT2D eigenvalue weighted by atomic mass is 10.0. The number of anilines is 1. The largest absolute Gasteiger partial charge is 0.469 e. The zero-order chi connectivity index (χ0) is 10.1. The van der Waals surface area contributed by atoms with Crippen LogP contribution in [0.5, 0.6) is 0 Å². The molecule has 0 spiro atoms. The lowest BCUT2D eigenvalue weighted by molar-refractivity contribution is -0.142. The van der Waals surface area contributed by atoms with Crippen molar-refractivity contribution in [2.75, 3.05) is 12.4 Å². The highest BCUT2D eigenvalue weighted by atomic mass is 16.5. The van der Waals surface area contributed by atoms with Gasteiger partial charge in [-0.3, -0.25) is 9.59 Å². The lowest BCUT2D eigenvalue weighted by Gasteiger charge is -2.11. The van der Waals surface area contributed by atoms with Gasteiger partial charge in [-0.1, -0.05) is 12.1 Å². The minimum Gasteiger partial charge on any atom is -0.469 e. The molecule has 1 N–H and O–H groups in total. The molecule has 4 heteroatoms. The van der Waals surface area contributed by atoms with E-state index in [1.165, 1.54) is 7.11 Å². The highest BCUT2D eigenvalue weighted by Crippen LogP contribution is 2.21. The Morgan fingerprint density at radius 1 is 1.43 bits per heavy atom. The van der Waals surface area contributed by atoms with Crippen molar-refractivity contribution in [2.45, 2.75) is 6.42 Å². The molecule has 0 aromatic heterocycles. The van der Waals surface area contributed by atoms with E-state index in [4.69, 9.17) is 0 Å². The Hall–Kier alpha value is -1.84. The Bertz CT molecular complexity index is 493. The van der Waals surface area contributed by atoms with E-state index in [1.807, 2.05) is 18.2 Å². The van der Waals surface area contributed by atoms with Crippen LogP contribution in [0.3, 0.4) is 0 Å². The molecule has 0 atom stereocenters. The molecule has 0 bridgehead atoms. The SMILES string of the molecule is COC(=O)CC(=O)Nc1cc2ccc1=2. The maximum absolute atomic E-state index is 11.2. The summed E-state index contributed by atoms with van der Waals surface area (Å²) in [4.78, 5) is 21.9. The molecule has 0 saturated carbocycles. The fourth-order valence-electron chi connectivity index (χ4n) is 1.29. The highest BCUT2D eigenvalue weighted by molar-refractivity contribution is 6.02. The van der Waals surface area contributed by atoms with Crippen LogP contribution in [0.25, 0.3) is 0 Å². The maximum atomic E-state index is 11.2. The quantitative estimate of drug-likeness (QED) is 0.576. The van der Waals surface area contributed by atoms with Gasteiger partial charge < -0.3 is 10.1 Å². The van der Waals surface area contributed by atoms with Crippen molar-refractivity contribution in [3.63, 3.8) is 0 Å². The predicted molar refractivity (Wildman–Crippen MR) is 49.4 cm³/mol. The number of esters is 1. The first-order valence-electron chi connectivity index (χ1n) is 4.22. The Labute approximate surface area is 80.2 Å². The topological polar surface area (TPSA) is 55.4 Å². The number of methoxy groups -OCH3 is 1. The zero-order valence-corrected chi connectivity index (χ0v) is 7.66. The Kier molecular flexibility index (Phi) is 1.96. The van der Waals surface area contributed by atoms with Gasteiger partial charge in [0, 0.05) is 10.9 Å². The number of amides is 1. The summed E-state index contributed by atoms with van der Waals surface area (Å²) in [6, 6.07) is 5.75. The van der Waals surface area contributed by atoms with Gasteiger partial charge in [0.1, 0.15) is 6.42 Å². The van der Waals surface area contributed by atoms with Gasteiger partial charge in [0.15, 0.2) is 0 Å². The number of rotatable bonds is 3. The molecule has 0 unspecified atom stereocenters. The molecule has 0 aromatic rings. The van der Waals surface area contributed by atoms with Crippen molar-refractivity contribution in [3.8, 4) is 0 Å². The van der Waals surface area contributed by atoms with Gasteiger partial charge in [-0.25, -0.2) is 0 Å². The molecule has 0 aliphatic heterocycles. The number of benzene rings is 1. The van der Waals surface area contributed by atoms with E-state index in [-0.39, 0.29) is 12.3 Å². The Balaban J connectivity index is 1.91. The molecule has 1 amide bonds. The Morgan fingerprint density at radius 3 is 2.64 bits per heavy atom. The van der Waals surface area contributed by atoms with E-state index in [2.05, 4.69) is 10.1 Å². The Morgan fingerprint density at radius 2 is 2.21 bits per heavy atom. The standard InChI is InChI=1S/C10H9NO3/c1-14-10(13)5-9(12)11-8-4-6-2-3-7(6)8/h2-4H,5H2,1H3,(H,11,12). The van der Waals surface area contributed by atoms with Gasteiger partial charge in [-0.2, -0.15) is 0 Å². The van der Waals surface area contributed by atoms with Crippen molar-refractivity contribution in [2.24, 2.45) is 0 Å². The van der Waals surface area contributed by atoms with Gasteiger partial charge in [-0.05, 0) is 11.3 Å². The summed E-state index contributed by atoms with van der Waals surface area (Å²) in [5.41, 5.74) is 0.788. The van der Waals surface area contributed by atoms with Crippen LogP contribution in [-0.2, 0) is 14.3 Å². The molecule has 0 heterocycles. The average Bonchev–Trinajstić information content (AvgIpc) is 2.12. The molecule has 4 nitrogen and oxygen atoms in total. The van der Waals surface area contributed by atoms with E-state index < -0.39 is 5.97 Å². The van der Waals surface area contributed by atoms with Gasteiger partial charge in [0.05, 0.1) is 7.11 Å². The van der Waals surface area contributed by atoms with Crippen LogP contribution in [0.4, 0.5) is 5.69 Å². The summed E-state index contributed by atoms with van der Waals surface area (Å²) in [5.74, 6) is -0.865. The van der Waals surface area contributed by atoms with Gasteiger partial charge >= 0.3 is 5.97 Å². The van der Waals surface area contributed by atoms with Crippen molar-refractivity contribution in [3.05, 3.63) is 28.6 Å². The first-order chi connectivity index (χ1) is 6.70. The second kappa shape index (κ2) is 3.14. The van der Waals surface area contributed by atoms with Gasteiger partial charge in [0.25, 0.3) is 0 Å². The molecule has 14 heavy (non-hydrogen) atoms. The normalized spacial score (nSPS) is 10.6. The smallest absolute Gasteiger partial charge is 0.315 e. The molecule has 72 valence electrons. The average molecular weight is 191 g/mol. The highest BCUT2D eigenvalue weighted by Gasteiger charge is 2.12. The molecule has 0 saturated heterocycles. The van der Waals surface area contributed by atoms with Crippen LogP contribution in [0, 0.1) is 10.4 Å². The second-order valence-corrected chi connectivity index (χ2v) is 3.06. The third-order valence-corrected chi connectivity index (χ3v) is 2.14. The van der Waals surface area contributed by atoms with Crippen LogP contribution < -0.4 is 5.32 Å². The number of carbonyl (C=O) groups excluding carboxylic acids is 2. The van der Waals surface area contributed by atoms with E-state index >= 15 is 0 Å². The number of nitrogens with one attached hydrogen (secondary N) is 1. The summed E-state index contributed by atoms with van der Waals surface area (Å²) in [7, 11) is 1.26. The molecule has 2 aliphatic carbocycles. The van der Waals surface area contributed by atoms with Crippen molar-refractivity contribution in [1.82, 2.24) is 0 Å². The lowest BCUT2D eigenvalue weighted by Crippen LogP contribution is -2.18. The monoisotopic (exact) mass is 191 g/mol. The first kappa shape index (κ1) is 8.74. The van der Waals surface area contributed by atoms with E-state index in [0.29, 0.717) is 0 Å². The third kappa shape index (κ3) is 1.35. The summed E-state index contributed by atoms with van der Waals surface area (Å²) >= 11 is 0. The van der Waals surface area contributed by atoms with Crippen LogP contribution in [0.1, 0.15) is 6.42 Å². The number of hydrogen-bond donors (Lipinski definition) is 1. The summed E-state index contributed by atoms with van der Waals surface area (Å²) < 4.78 is 4.37. The minimum atomic E-state index is -0.527. The molecule has 0 aromatic carbocycles. The van der Waals surface area contributed by atoms with E-state index in [0.717, 1.165) is 16.1 Å². The van der Waals surface area contributed by atoms with Crippen molar-refractivity contribution < 1.29 is 14.3 Å². The summed E-state index contributed by atoms with van der Waals surface area (Å²) in [6.07, 6.45) is -0.236. The van der Waals surface area contributed by atoms with Crippen molar-refractivity contribution in [1.29, 1.82) is 0 Å². The fraction of sp³-hybridized carbons (Fsp3) is 0.200. The number of carbonyl (C=O) groups is 2. The van der Waals surface area contributed by atoms with Crippen LogP contribution in [0.15, 0.2) is 18.2 Å². The number of ether oxygens (including phenoxy) is 1. The van der Waals surface area contributed by atoms with E-state index in [9.17, 15) is 9.59 Å². The van der Waals surface area contributed by atoms with Crippen LogP contribution in [-0.4, -0.2) is 19.0 Å². The predicted octanol–water partition coefficient (Wildman–Crippen LogP) is 0.789. The van der Waals surface area contributed by atoms with Gasteiger partial charge in [-0.15, -0.1) is 0 Å². The third-order valence-electron chi connectivity index (χ3n) is 2.14. The molecule has 0 radical (unpaired) electrons. The maximum Gasteiger partial charge on any atom is 0.315 e. The van der Waals surface area contributed by atoms with Crippen molar-refractivity contribution >= 4 is 17.6 Å². The minimum absolute atomic E-state index is 0.236. The summed E-state index contributed by atoms with van der Waals surface area (Å²) in [5, 5.41) is 4.84. The van der Waals surface area contributed by atoms with Gasteiger partial charge in [0.2, 0.25) is 5.91 Å². The number of hydrogen-bond acceptors (Lipinski definition) is 3. The van der Waals surface area contributed by atoms with Crippen LogP contribution in [0.2, 0.25) is 0 Å². The van der Waals surface area contributed by atoms with Crippen LogP contribution >= 0.6 is 0 Å². The second-order valence-electron chi connectivity index (χ2n) is 3.06. The summed E-state index contributed by atoms with van der Waals surface area (Å²) in [6.45, 7) is 0. The van der Waals surface area contributed by atoms with E-state index in [1.54, 1.807) is 0 Å². The molecule has 2 rings (SSSR count). The molecular formula is C10H9NO3.